The molecule has 0 aliphatic heterocycles. The number of hydrogen-bond acceptors (Lipinski definition) is 3. The van der Waals surface area contributed by atoms with E-state index < -0.39 is 5.97 Å². The molecular weight excluding hydrogens is 230 g/mol. The van der Waals surface area contributed by atoms with Gasteiger partial charge in [0, 0.05) is 5.69 Å². The molecule has 0 radical (unpaired) electrons. The van der Waals surface area contributed by atoms with E-state index in [9.17, 15) is 9.90 Å². The summed E-state index contributed by atoms with van der Waals surface area (Å²) in [6.07, 6.45) is 5.40. The fourth-order valence-corrected chi connectivity index (χ4v) is 2.55. The standard InChI is InChI=1S/C14H19NO3/c16-10-14(8-2-1-3-9-14)15-12-6-4-11(5-7-12)13(17)18/h4-7,15-16H,1-3,8-10H2,(H,17,18). The number of anilines is 1. The molecule has 1 saturated carbocycles. The van der Waals surface area contributed by atoms with Gasteiger partial charge in [-0.2, -0.15) is 0 Å². The molecule has 1 fully saturated rings. The van der Waals surface area contributed by atoms with Crippen LogP contribution in [0.1, 0.15) is 42.5 Å². The number of aromatic carboxylic acids is 1. The molecule has 98 valence electrons. The van der Waals surface area contributed by atoms with Crippen molar-refractivity contribution < 1.29 is 15.0 Å². The summed E-state index contributed by atoms with van der Waals surface area (Å²) < 4.78 is 0. The Morgan fingerprint density at radius 3 is 2.28 bits per heavy atom. The Hall–Kier alpha value is -1.55. The van der Waals surface area contributed by atoms with Crippen LogP contribution < -0.4 is 5.32 Å². The van der Waals surface area contributed by atoms with Crippen LogP contribution in [0.3, 0.4) is 0 Å². The van der Waals surface area contributed by atoms with Gasteiger partial charge in [0.25, 0.3) is 0 Å². The quantitative estimate of drug-likeness (QED) is 0.766. The lowest BCUT2D eigenvalue weighted by Crippen LogP contribution is -2.43. The number of nitrogens with one attached hydrogen (secondary N) is 1. The second kappa shape index (κ2) is 5.40. The van der Waals surface area contributed by atoms with Crippen LogP contribution in [0.15, 0.2) is 24.3 Å². The van der Waals surface area contributed by atoms with Crippen molar-refractivity contribution in [2.45, 2.75) is 37.6 Å². The van der Waals surface area contributed by atoms with Crippen molar-refractivity contribution in [1.29, 1.82) is 0 Å². The van der Waals surface area contributed by atoms with Gasteiger partial charge in [0.2, 0.25) is 0 Å². The first-order chi connectivity index (χ1) is 8.65. The Morgan fingerprint density at radius 2 is 1.78 bits per heavy atom. The van der Waals surface area contributed by atoms with Gasteiger partial charge in [-0.25, -0.2) is 4.79 Å². The van der Waals surface area contributed by atoms with Gasteiger partial charge < -0.3 is 15.5 Å². The number of rotatable bonds is 4. The predicted molar refractivity (Wildman–Crippen MR) is 69.9 cm³/mol. The predicted octanol–water partition coefficient (Wildman–Crippen LogP) is 2.49. The van der Waals surface area contributed by atoms with Crippen molar-refractivity contribution in [2.75, 3.05) is 11.9 Å². The van der Waals surface area contributed by atoms with Crippen LogP contribution in [-0.2, 0) is 0 Å². The minimum atomic E-state index is -0.920. The van der Waals surface area contributed by atoms with Gasteiger partial charge in [-0.05, 0) is 37.1 Å². The number of carboxylic acid groups (broad SMARTS) is 1. The molecular formula is C14H19NO3. The zero-order chi connectivity index (χ0) is 13.0. The summed E-state index contributed by atoms with van der Waals surface area (Å²) >= 11 is 0. The Bertz CT molecular complexity index is 408. The summed E-state index contributed by atoms with van der Waals surface area (Å²) in [6, 6.07) is 6.68. The summed E-state index contributed by atoms with van der Waals surface area (Å²) in [7, 11) is 0. The Morgan fingerprint density at radius 1 is 1.17 bits per heavy atom. The van der Waals surface area contributed by atoms with Crippen LogP contribution in [0.25, 0.3) is 0 Å². The van der Waals surface area contributed by atoms with Crippen LogP contribution in [0.2, 0.25) is 0 Å². The molecule has 0 aromatic heterocycles. The summed E-state index contributed by atoms with van der Waals surface area (Å²) in [4.78, 5) is 10.8. The molecule has 0 amide bonds. The van der Waals surface area contributed by atoms with E-state index >= 15 is 0 Å². The lowest BCUT2D eigenvalue weighted by atomic mass is 9.82. The maximum atomic E-state index is 10.8. The molecule has 0 heterocycles. The second-order valence-electron chi connectivity index (χ2n) is 5.01. The minimum absolute atomic E-state index is 0.119. The van der Waals surface area contributed by atoms with Crippen LogP contribution in [0.4, 0.5) is 5.69 Å². The average molecular weight is 249 g/mol. The van der Waals surface area contributed by atoms with Gasteiger partial charge in [-0.1, -0.05) is 19.3 Å². The lowest BCUT2D eigenvalue weighted by molar-refractivity contribution is 0.0697. The van der Waals surface area contributed by atoms with Gasteiger partial charge in [0.1, 0.15) is 0 Å². The van der Waals surface area contributed by atoms with Crippen molar-refractivity contribution in [2.24, 2.45) is 0 Å². The highest BCUT2D eigenvalue weighted by Gasteiger charge is 2.30. The van der Waals surface area contributed by atoms with E-state index in [4.69, 9.17) is 5.11 Å². The third-order valence-corrected chi connectivity index (χ3v) is 3.65. The maximum absolute atomic E-state index is 10.8. The second-order valence-corrected chi connectivity index (χ2v) is 5.01. The fraction of sp³-hybridized carbons (Fsp3) is 0.500. The average Bonchev–Trinajstić information content (AvgIpc) is 2.40. The molecule has 1 aromatic rings. The SMILES string of the molecule is O=C(O)c1ccc(NC2(CO)CCCCC2)cc1. The summed E-state index contributed by atoms with van der Waals surface area (Å²) in [5, 5.41) is 21.8. The van der Waals surface area contributed by atoms with E-state index in [1.54, 1.807) is 24.3 Å². The number of aliphatic hydroxyl groups excluding tert-OH is 1. The summed E-state index contributed by atoms with van der Waals surface area (Å²) in [5.41, 5.74) is 0.918. The topological polar surface area (TPSA) is 69.6 Å². The van der Waals surface area contributed by atoms with Gasteiger partial charge in [0.15, 0.2) is 0 Å². The van der Waals surface area contributed by atoms with Crippen molar-refractivity contribution in [3.63, 3.8) is 0 Å². The van der Waals surface area contributed by atoms with E-state index in [1.807, 2.05) is 0 Å². The van der Waals surface area contributed by atoms with Crippen LogP contribution in [-0.4, -0.2) is 28.3 Å². The molecule has 0 unspecified atom stereocenters. The van der Waals surface area contributed by atoms with Crippen molar-refractivity contribution in [3.05, 3.63) is 29.8 Å². The first-order valence-corrected chi connectivity index (χ1v) is 6.38. The molecule has 0 saturated heterocycles. The van der Waals surface area contributed by atoms with E-state index in [0.29, 0.717) is 0 Å². The number of benzene rings is 1. The molecule has 1 aromatic carbocycles. The van der Waals surface area contributed by atoms with E-state index in [1.165, 1.54) is 6.42 Å². The zero-order valence-electron chi connectivity index (χ0n) is 10.4. The fourth-order valence-electron chi connectivity index (χ4n) is 2.55. The summed E-state index contributed by atoms with van der Waals surface area (Å²) in [5.74, 6) is -0.920. The van der Waals surface area contributed by atoms with Crippen molar-refractivity contribution in [1.82, 2.24) is 0 Å². The molecule has 1 aliphatic rings. The van der Waals surface area contributed by atoms with Gasteiger partial charge in [0.05, 0.1) is 17.7 Å². The zero-order valence-corrected chi connectivity index (χ0v) is 10.4. The summed E-state index contributed by atoms with van der Waals surface area (Å²) in [6.45, 7) is 0.119. The number of carbonyl (C=O) groups is 1. The van der Waals surface area contributed by atoms with Crippen molar-refractivity contribution in [3.8, 4) is 0 Å². The molecule has 4 heteroatoms. The van der Waals surface area contributed by atoms with Gasteiger partial charge in [-0.15, -0.1) is 0 Å². The molecule has 0 atom stereocenters. The Kier molecular flexibility index (Phi) is 3.87. The smallest absolute Gasteiger partial charge is 0.335 e. The van der Waals surface area contributed by atoms with E-state index in [0.717, 1.165) is 31.4 Å². The highest BCUT2D eigenvalue weighted by Crippen LogP contribution is 2.31. The molecule has 0 bridgehead atoms. The minimum Gasteiger partial charge on any atom is -0.478 e. The van der Waals surface area contributed by atoms with E-state index in [-0.39, 0.29) is 17.7 Å². The molecule has 2 rings (SSSR count). The maximum Gasteiger partial charge on any atom is 0.335 e. The highest BCUT2D eigenvalue weighted by molar-refractivity contribution is 5.88. The molecule has 3 N–H and O–H groups in total. The van der Waals surface area contributed by atoms with Gasteiger partial charge >= 0.3 is 5.97 Å². The lowest BCUT2D eigenvalue weighted by Gasteiger charge is -2.37. The van der Waals surface area contributed by atoms with Crippen LogP contribution in [0.5, 0.6) is 0 Å². The van der Waals surface area contributed by atoms with Crippen LogP contribution >= 0.6 is 0 Å². The van der Waals surface area contributed by atoms with Crippen LogP contribution in [0, 0.1) is 0 Å². The third-order valence-electron chi connectivity index (χ3n) is 3.65. The molecule has 0 spiro atoms. The Labute approximate surface area is 107 Å². The number of carboxylic acids is 1. The monoisotopic (exact) mass is 249 g/mol. The largest absolute Gasteiger partial charge is 0.478 e. The highest BCUT2D eigenvalue weighted by atomic mass is 16.4. The first-order valence-electron chi connectivity index (χ1n) is 6.38. The Balaban J connectivity index is 2.09. The van der Waals surface area contributed by atoms with Gasteiger partial charge in [-0.3, -0.25) is 0 Å². The number of aliphatic hydroxyl groups is 1. The molecule has 1 aliphatic carbocycles. The van der Waals surface area contributed by atoms with E-state index in [2.05, 4.69) is 5.32 Å². The molecule has 4 nitrogen and oxygen atoms in total. The molecule has 18 heavy (non-hydrogen) atoms. The first kappa shape index (κ1) is 12.9. The normalized spacial score (nSPS) is 18.3. The third kappa shape index (κ3) is 2.82. The number of hydrogen-bond donors (Lipinski definition) is 3. The van der Waals surface area contributed by atoms with Crippen molar-refractivity contribution >= 4 is 11.7 Å².